The van der Waals surface area contributed by atoms with E-state index in [2.05, 4.69) is 21.2 Å². The van der Waals surface area contributed by atoms with Crippen LogP contribution in [0.4, 0.5) is 5.69 Å². The van der Waals surface area contributed by atoms with E-state index in [1.54, 1.807) is 43.5 Å². The average molecular weight is 538 g/mol. The van der Waals surface area contributed by atoms with Crippen LogP contribution in [0.25, 0.3) is 6.08 Å². The van der Waals surface area contributed by atoms with E-state index >= 15 is 0 Å². The van der Waals surface area contributed by atoms with Gasteiger partial charge in [-0.05, 0) is 76.0 Å². The Morgan fingerprint density at radius 3 is 2.46 bits per heavy atom. The largest absolute Gasteiger partial charge is 0.493 e. The van der Waals surface area contributed by atoms with Crippen molar-refractivity contribution in [3.05, 3.63) is 94.0 Å². The van der Waals surface area contributed by atoms with Gasteiger partial charge in [-0.25, -0.2) is 4.79 Å². The molecule has 182 valence electrons. The van der Waals surface area contributed by atoms with Gasteiger partial charge < -0.3 is 19.5 Å². The molecule has 0 spiro atoms. The van der Waals surface area contributed by atoms with Crippen LogP contribution in [0.3, 0.4) is 0 Å². The van der Waals surface area contributed by atoms with Gasteiger partial charge in [0.2, 0.25) is 5.91 Å². The highest BCUT2D eigenvalue weighted by molar-refractivity contribution is 9.10. The van der Waals surface area contributed by atoms with Crippen LogP contribution < -0.4 is 14.8 Å². The predicted octanol–water partition coefficient (Wildman–Crippen LogP) is 6.65. The maximum Gasteiger partial charge on any atom is 0.338 e. The van der Waals surface area contributed by atoms with Crippen LogP contribution >= 0.6 is 15.9 Å². The van der Waals surface area contributed by atoms with Crippen LogP contribution in [0.2, 0.25) is 0 Å². The minimum atomic E-state index is -0.369. The topological polar surface area (TPSA) is 73.9 Å². The number of hydrogen-bond acceptors (Lipinski definition) is 5. The van der Waals surface area contributed by atoms with E-state index in [0.29, 0.717) is 40.4 Å². The van der Waals surface area contributed by atoms with Gasteiger partial charge in [-0.15, -0.1) is 0 Å². The monoisotopic (exact) mass is 537 g/mol. The van der Waals surface area contributed by atoms with Gasteiger partial charge in [0, 0.05) is 11.8 Å². The summed E-state index contributed by atoms with van der Waals surface area (Å²) in [6.45, 7) is 2.84. The molecule has 0 aliphatic rings. The Hall–Kier alpha value is -3.58. The third kappa shape index (κ3) is 8.00. The van der Waals surface area contributed by atoms with Crippen molar-refractivity contribution in [3.63, 3.8) is 0 Å². The minimum absolute atomic E-state index is 0.303. The molecule has 0 aliphatic heterocycles. The Morgan fingerprint density at radius 2 is 1.77 bits per heavy atom. The summed E-state index contributed by atoms with van der Waals surface area (Å²) >= 11 is 3.53. The number of rotatable bonds is 11. The van der Waals surface area contributed by atoms with E-state index in [4.69, 9.17) is 14.2 Å². The first-order chi connectivity index (χ1) is 17.0. The summed E-state index contributed by atoms with van der Waals surface area (Å²) in [5.41, 5.74) is 2.83. The Bertz CT molecular complexity index is 1160. The van der Waals surface area contributed by atoms with Gasteiger partial charge >= 0.3 is 5.97 Å². The van der Waals surface area contributed by atoms with E-state index in [0.717, 1.165) is 24.0 Å². The van der Waals surface area contributed by atoms with Crippen molar-refractivity contribution < 1.29 is 23.8 Å². The maximum absolute atomic E-state index is 12.4. The fraction of sp³-hybridized carbons (Fsp3) is 0.214. The van der Waals surface area contributed by atoms with E-state index < -0.39 is 0 Å². The first-order valence-corrected chi connectivity index (χ1v) is 12.1. The van der Waals surface area contributed by atoms with Crippen molar-refractivity contribution >= 4 is 39.6 Å². The van der Waals surface area contributed by atoms with Crippen LogP contribution in [0.1, 0.15) is 41.3 Å². The third-order valence-electron chi connectivity index (χ3n) is 5.02. The number of hydrogen-bond donors (Lipinski definition) is 1. The Balaban J connectivity index is 1.60. The van der Waals surface area contributed by atoms with Gasteiger partial charge in [0.15, 0.2) is 11.5 Å². The number of carbonyl (C=O) groups is 2. The van der Waals surface area contributed by atoms with E-state index in [-0.39, 0.29) is 11.9 Å². The number of halogens is 1. The Kier molecular flexibility index (Phi) is 9.93. The summed E-state index contributed by atoms with van der Waals surface area (Å²) in [4.78, 5) is 24.4. The standard InChI is InChI=1S/C28H28BrNO5/c1-3-4-16-34-28(32)22-11-13-23(14-12-22)30-26(31)15-10-21-17-24(29)27(25(18-21)33-2)35-19-20-8-6-5-7-9-20/h5-15,17-18H,3-4,16,19H2,1-2H3,(H,30,31)/b15-10+. The number of anilines is 1. The fourth-order valence-electron chi connectivity index (χ4n) is 3.14. The lowest BCUT2D eigenvalue weighted by Gasteiger charge is -2.13. The van der Waals surface area contributed by atoms with Gasteiger partial charge in [0.25, 0.3) is 0 Å². The number of nitrogens with one attached hydrogen (secondary N) is 1. The van der Waals surface area contributed by atoms with Crippen LogP contribution in [0.5, 0.6) is 11.5 Å². The molecule has 1 amide bonds. The molecule has 3 aromatic rings. The smallest absolute Gasteiger partial charge is 0.338 e. The zero-order valence-electron chi connectivity index (χ0n) is 19.8. The van der Waals surface area contributed by atoms with Crippen molar-refractivity contribution in [3.8, 4) is 11.5 Å². The Morgan fingerprint density at radius 1 is 1.03 bits per heavy atom. The highest BCUT2D eigenvalue weighted by Crippen LogP contribution is 2.37. The summed E-state index contributed by atoms with van der Waals surface area (Å²) in [5, 5.41) is 2.78. The average Bonchev–Trinajstić information content (AvgIpc) is 2.87. The molecule has 0 fully saturated rings. The molecule has 0 atom stereocenters. The molecule has 3 rings (SSSR count). The van der Waals surface area contributed by atoms with E-state index in [1.165, 1.54) is 6.08 Å². The molecule has 0 aliphatic carbocycles. The van der Waals surface area contributed by atoms with Gasteiger partial charge in [0.1, 0.15) is 6.61 Å². The van der Waals surface area contributed by atoms with E-state index in [1.807, 2.05) is 43.3 Å². The quantitative estimate of drug-likeness (QED) is 0.168. The van der Waals surface area contributed by atoms with Crippen molar-refractivity contribution in [2.24, 2.45) is 0 Å². The molecular formula is C28H28BrNO5. The molecule has 6 nitrogen and oxygen atoms in total. The summed E-state index contributed by atoms with van der Waals surface area (Å²) in [7, 11) is 1.57. The number of benzene rings is 3. The predicted molar refractivity (Wildman–Crippen MR) is 141 cm³/mol. The summed E-state index contributed by atoms with van der Waals surface area (Å²) in [6, 6.07) is 20.1. The van der Waals surface area contributed by atoms with Gasteiger partial charge in [-0.3, -0.25) is 4.79 Å². The number of esters is 1. The SMILES string of the molecule is CCCCOC(=O)c1ccc(NC(=O)/C=C/c2cc(Br)c(OCc3ccccc3)c(OC)c2)cc1. The van der Waals surface area contributed by atoms with Crippen molar-refractivity contribution in [2.45, 2.75) is 26.4 Å². The second kappa shape index (κ2) is 13.3. The highest BCUT2D eigenvalue weighted by Gasteiger charge is 2.12. The third-order valence-corrected chi connectivity index (χ3v) is 5.61. The van der Waals surface area contributed by atoms with E-state index in [9.17, 15) is 9.59 Å². The molecule has 0 saturated carbocycles. The highest BCUT2D eigenvalue weighted by atomic mass is 79.9. The number of ether oxygens (including phenoxy) is 3. The normalized spacial score (nSPS) is 10.7. The molecule has 3 aromatic carbocycles. The van der Waals surface area contributed by atoms with Crippen molar-refractivity contribution in [1.82, 2.24) is 0 Å². The summed E-state index contributed by atoms with van der Waals surface area (Å²) in [6.07, 6.45) is 4.90. The Labute approximate surface area is 214 Å². The summed E-state index contributed by atoms with van der Waals surface area (Å²) in [5.74, 6) is 0.470. The molecule has 35 heavy (non-hydrogen) atoms. The molecule has 0 radical (unpaired) electrons. The van der Waals surface area contributed by atoms with Crippen LogP contribution in [0.15, 0.2) is 77.3 Å². The van der Waals surface area contributed by atoms with Gasteiger partial charge in [-0.1, -0.05) is 43.7 Å². The lowest BCUT2D eigenvalue weighted by atomic mass is 10.1. The van der Waals surface area contributed by atoms with Crippen molar-refractivity contribution in [1.29, 1.82) is 0 Å². The zero-order valence-corrected chi connectivity index (χ0v) is 21.3. The van der Waals surface area contributed by atoms with Crippen LogP contribution in [-0.2, 0) is 16.1 Å². The van der Waals surface area contributed by atoms with Crippen LogP contribution in [0, 0.1) is 0 Å². The molecule has 0 heterocycles. The second-order valence-electron chi connectivity index (χ2n) is 7.70. The van der Waals surface area contributed by atoms with Crippen LogP contribution in [-0.4, -0.2) is 25.6 Å². The number of amides is 1. The number of carbonyl (C=O) groups excluding carboxylic acids is 2. The maximum atomic E-state index is 12.4. The molecule has 1 N–H and O–H groups in total. The molecule has 0 saturated heterocycles. The molecule has 7 heteroatoms. The van der Waals surface area contributed by atoms with Gasteiger partial charge in [0.05, 0.1) is 23.8 Å². The fourth-order valence-corrected chi connectivity index (χ4v) is 3.72. The zero-order chi connectivity index (χ0) is 25.0. The lowest BCUT2D eigenvalue weighted by molar-refractivity contribution is -0.111. The minimum Gasteiger partial charge on any atom is -0.493 e. The molecule has 0 unspecified atom stereocenters. The van der Waals surface area contributed by atoms with Gasteiger partial charge in [-0.2, -0.15) is 0 Å². The lowest BCUT2D eigenvalue weighted by Crippen LogP contribution is -2.09. The van der Waals surface area contributed by atoms with Crippen molar-refractivity contribution in [2.75, 3.05) is 19.0 Å². The first-order valence-electron chi connectivity index (χ1n) is 11.3. The first kappa shape index (κ1) is 26.0. The second-order valence-corrected chi connectivity index (χ2v) is 8.55. The molecule has 0 aromatic heterocycles. The molecule has 0 bridgehead atoms. The number of unbranched alkanes of at least 4 members (excludes halogenated alkanes) is 1. The number of methoxy groups -OCH3 is 1. The summed E-state index contributed by atoms with van der Waals surface area (Å²) < 4.78 is 17.3. The molecular weight excluding hydrogens is 510 g/mol.